The Hall–Kier alpha value is -0.610. The molecule has 17 heavy (non-hydrogen) atoms. The van der Waals surface area contributed by atoms with Crippen molar-refractivity contribution in [2.75, 3.05) is 11.9 Å². The average molecular weight is 315 g/mol. The molecule has 0 unspecified atom stereocenters. The fourth-order valence-corrected chi connectivity index (χ4v) is 2.59. The Balaban J connectivity index is 2.64. The van der Waals surface area contributed by atoms with E-state index in [1.54, 1.807) is 0 Å². The molecule has 0 spiro atoms. The van der Waals surface area contributed by atoms with Crippen LogP contribution in [-0.2, 0) is 0 Å². The molecule has 0 saturated heterocycles. The van der Waals surface area contributed by atoms with Crippen molar-refractivity contribution in [2.24, 2.45) is 11.7 Å². The van der Waals surface area contributed by atoms with Crippen LogP contribution in [0.4, 0.5) is 5.69 Å². The molecule has 0 aliphatic carbocycles. The molecule has 94 valence electrons. The minimum absolute atomic E-state index is 0.420. The quantitative estimate of drug-likeness (QED) is 0.617. The molecule has 1 rings (SSSR count). The Kier molecular flexibility index (Phi) is 5.92. The van der Waals surface area contributed by atoms with Gasteiger partial charge in [0.05, 0.1) is 0 Å². The van der Waals surface area contributed by atoms with Gasteiger partial charge in [-0.15, -0.1) is 0 Å². The summed E-state index contributed by atoms with van der Waals surface area (Å²) >= 11 is 8.54. The Morgan fingerprint density at radius 2 is 2.18 bits per heavy atom. The predicted molar refractivity (Wildman–Crippen MR) is 82.6 cm³/mol. The number of thiocarbonyl (C=S) groups is 1. The standard InChI is InChI=1S/C13H19BrN2S/c1-9(2)5-4-8-16-11-7-3-6-10(14)12(11)13(15)17/h3,6-7,9,16H,4-5,8H2,1-2H3,(H2,15,17). The van der Waals surface area contributed by atoms with Crippen LogP contribution in [0.25, 0.3) is 0 Å². The van der Waals surface area contributed by atoms with Crippen molar-refractivity contribution in [2.45, 2.75) is 26.7 Å². The Morgan fingerprint density at radius 3 is 2.76 bits per heavy atom. The van der Waals surface area contributed by atoms with Gasteiger partial charge in [0.2, 0.25) is 0 Å². The molecule has 3 N–H and O–H groups in total. The number of nitrogens with one attached hydrogen (secondary N) is 1. The van der Waals surface area contributed by atoms with Crippen molar-refractivity contribution in [1.82, 2.24) is 0 Å². The predicted octanol–water partition coefficient (Wildman–Crippen LogP) is 3.93. The third-order valence-corrected chi connectivity index (χ3v) is 3.40. The van der Waals surface area contributed by atoms with E-state index in [0.717, 1.165) is 34.6 Å². The van der Waals surface area contributed by atoms with E-state index in [9.17, 15) is 0 Å². The summed E-state index contributed by atoms with van der Waals surface area (Å²) in [5.41, 5.74) is 7.63. The van der Waals surface area contributed by atoms with Crippen molar-refractivity contribution in [3.05, 3.63) is 28.2 Å². The lowest BCUT2D eigenvalue weighted by atomic mass is 10.1. The van der Waals surface area contributed by atoms with Gasteiger partial charge in [-0.25, -0.2) is 0 Å². The third kappa shape index (κ3) is 4.64. The zero-order valence-electron chi connectivity index (χ0n) is 10.3. The van der Waals surface area contributed by atoms with Crippen molar-refractivity contribution in [3.8, 4) is 0 Å². The van der Waals surface area contributed by atoms with E-state index in [4.69, 9.17) is 18.0 Å². The second-order valence-corrected chi connectivity index (χ2v) is 5.78. The molecule has 0 amide bonds. The summed E-state index contributed by atoms with van der Waals surface area (Å²) in [4.78, 5) is 0.420. The first-order valence-electron chi connectivity index (χ1n) is 5.84. The smallest absolute Gasteiger partial charge is 0.107 e. The molecule has 1 aromatic rings. The summed E-state index contributed by atoms with van der Waals surface area (Å²) in [7, 11) is 0. The number of rotatable bonds is 6. The van der Waals surface area contributed by atoms with Crippen LogP contribution in [0, 0.1) is 5.92 Å². The molecule has 0 fully saturated rings. The molecule has 0 bridgehead atoms. The zero-order valence-corrected chi connectivity index (χ0v) is 12.7. The highest BCUT2D eigenvalue weighted by atomic mass is 79.9. The highest BCUT2D eigenvalue weighted by molar-refractivity contribution is 9.10. The summed E-state index contributed by atoms with van der Waals surface area (Å²) < 4.78 is 0.943. The van der Waals surface area contributed by atoms with E-state index >= 15 is 0 Å². The van der Waals surface area contributed by atoms with E-state index in [0.29, 0.717) is 4.99 Å². The van der Waals surface area contributed by atoms with Gasteiger partial charge in [0, 0.05) is 22.3 Å². The second-order valence-electron chi connectivity index (χ2n) is 4.49. The maximum Gasteiger partial charge on any atom is 0.107 e. The number of halogens is 1. The maximum atomic E-state index is 5.73. The summed E-state index contributed by atoms with van der Waals surface area (Å²) in [6, 6.07) is 5.94. The minimum Gasteiger partial charge on any atom is -0.389 e. The van der Waals surface area contributed by atoms with Crippen LogP contribution in [0.1, 0.15) is 32.3 Å². The number of anilines is 1. The monoisotopic (exact) mass is 314 g/mol. The number of hydrogen-bond acceptors (Lipinski definition) is 2. The minimum atomic E-state index is 0.420. The Labute approximate surface area is 117 Å². The first-order chi connectivity index (χ1) is 8.02. The molecule has 0 atom stereocenters. The third-order valence-electron chi connectivity index (χ3n) is 2.53. The van der Waals surface area contributed by atoms with Gasteiger partial charge in [-0.1, -0.05) is 32.1 Å². The summed E-state index contributed by atoms with van der Waals surface area (Å²) in [5, 5.41) is 3.39. The van der Waals surface area contributed by atoms with Crippen LogP contribution in [0.5, 0.6) is 0 Å². The van der Waals surface area contributed by atoms with Crippen LogP contribution in [0.2, 0.25) is 0 Å². The molecular formula is C13H19BrN2S. The van der Waals surface area contributed by atoms with E-state index in [1.165, 1.54) is 6.42 Å². The summed E-state index contributed by atoms with van der Waals surface area (Å²) in [5.74, 6) is 0.745. The van der Waals surface area contributed by atoms with Gasteiger partial charge in [-0.2, -0.15) is 0 Å². The molecule has 1 aromatic carbocycles. The molecule has 0 aliphatic heterocycles. The number of hydrogen-bond donors (Lipinski definition) is 2. The van der Waals surface area contributed by atoms with Gasteiger partial charge in [0.25, 0.3) is 0 Å². The highest BCUT2D eigenvalue weighted by Crippen LogP contribution is 2.24. The van der Waals surface area contributed by atoms with Gasteiger partial charge < -0.3 is 11.1 Å². The first kappa shape index (κ1) is 14.5. The zero-order chi connectivity index (χ0) is 12.8. The largest absolute Gasteiger partial charge is 0.389 e. The van der Waals surface area contributed by atoms with E-state index < -0.39 is 0 Å². The molecule has 0 aromatic heterocycles. The van der Waals surface area contributed by atoms with Crippen LogP contribution in [0.3, 0.4) is 0 Å². The van der Waals surface area contributed by atoms with Crippen molar-refractivity contribution >= 4 is 38.8 Å². The van der Waals surface area contributed by atoms with E-state index in [1.807, 2.05) is 18.2 Å². The van der Waals surface area contributed by atoms with E-state index in [2.05, 4.69) is 35.1 Å². The number of benzene rings is 1. The van der Waals surface area contributed by atoms with Crippen molar-refractivity contribution < 1.29 is 0 Å². The summed E-state index contributed by atoms with van der Waals surface area (Å²) in [6.45, 7) is 5.42. The lowest BCUT2D eigenvalue weighted by Crippen LogP contribution is -2.14. The summed E-state index contributed by atoms with van der Waals surface area (Å²) in [6.07, 6.45) is 2.38. The molecule has 0 saturated carbocycles. The second kappa shape index (κ2) is 6.97. The van der Waals surface area contributed by atoms with Gasteiger partial charge in [-0.05, 0) is 46.8 Å². The molecule has 4 heteroatoms. The van der Waals surface area contributed by atoms with Crippen LogP contribution >= 0.6 is 28.1 Å². The van der Waals surface area contributed by atoms with Gasteiger partial charge in [0.15, 0.2) is 0 Å². The Morgan fingerprint density at radius 1 is 1.47 bits per heavy atom. The maximum absolute atomic E-state index is 5.73. The van der Waals surface area contributed by atoms with Crippen molar-refractivity contribution in [3.63, 3.8) is 0 Å². The number of nitrogens with two attached hydrogens (primary N) is 1. The van der Waals surface area contributed by atoms with E-state index in [-0.39, 0.29) is 0 Å². The van der Waals surface area contributed by atoms with Gasteiger partial charge in [0.1, 0.15) is 4.99 Å². The SMILES string of the molecule is CC(C)CCCNc1cccc(Br)c1C(N)=S. The normalized spacial score (nSPS) is 10.6. The van der Waals surface area contributed by atoms with Gasteiger partial charge in [-0.3, -0.25) is 0 Å². The van der Waals surface area contributed by atoms with Crippen LogP contribution in [-0.4, -0.2) is 11.5 Å². The fraction of sp³-hybridized carbons (Fsp3) is 0.462. The topological polar surface area (TPSA) is 38.0 Å². The molecule has 0 heterocycles. The van der Waals surface area contributed by atoms with Crippen LogP contribution in [0.15, 0.2) is 22.7 Å². The average Bonchev–Trinajstić information content (AvgIpc) is 2.23. The lowest BCUT2D eigenvalue weighted by molar-refractivity contribution is 0.567. The molecular weight excluding hydrogens is 296 g/mol. The lowest BCUT2D eigenvalue weighted by Gasteiger charge is -2.13. The van der Waals surface area contributed by atoms with Gasteiger partial charge >= 0.3 is 0 Å². The highest BCUT2D eigenvalue weighted by Gasteiger charge is 2.08. The molecule has 0 radical (unpaired) electrons. The van der Waals surface area contributed by atoms with Crippen molar-refractivity contribution in [1.29, 1.82) is 0 Å². The Bertz CT molecular complexity index is 391. The molecule has 0 aliphatic rings. The molecule has 2 nitrogen and oxygen atoms in total. The van der Waals surface area contributed by atoms with Crippen LogP contribution < -0.4 is 11.1 Å². The fourth-order valence-electron chi connectivity index (χ4n) is 1.66. The first-order valence-corrected chi connectivity index (χ1v) is 7.04.